The van der Waals surface area contributed by atoms with Crippen molar-refractivity contribution in [2.45, 2.75) is 57.9 Å². The van der Waals surface area contributed by atoms with E-state index in [2.05, 4.69) is 37.6 Å². The van der Waals surface area contributed by atoms with E-state index < -0.39 is 0 Å². The van der Waals surface area contributed by atoms with Crippen LogP contribution in [0, 0.1) is 5.92 Å². The normalized spacial score (nSPS) is 21.2. The average Bonchev–Trinajstić information content (AvgIpc) is 3.04. The number of carbonyl (C=O) groups is 1. The van der Waals surface area contributed by atoms with Crippen molar-refractivity contribution < 1.29 is 4.79 Å². The maximum absolute atomic E-state index is 13.6. The van der Waals surface area contributed by atoms with Crippen LogP contribution in [0.15, 0.2) is 30.6 Å². The summed E-state index contributed by atoms with van der Waals surface area (Å²) in [6.45, 7) is 3.41. The Kier molecular flexibility index (Phi) is 5.04. The number of nitrogens with zero attached hydrogens (tertiary/aromatic N) is 6. The number of amides is 1. The summed E-state index contributed by atoms with van der Waals surface area (Å²) in [7, 11) is 0. The number of carbonyl (C=O) groups excluding carboxylic acids is 1. The summed E-state index contributed by atoms with van der Waals surface area (Å²) in [5.41, 5.74) is 4.24. The first-order valence-electron chi connectivity index (χ1n) is 12.1. The Morgan fingerprint density at radius 3 is 2.84 bits per heavy atom. The molecule has 6 rings (SSSR count). The predicted octanol–water partition coefficient (Wildman–Crippen LogP) is 3.75. The Balaban J connectivity index is 1.28. The predicted molar refractivity (Wildman–Crippen MR) is 125 cm³/mol. The van der Waals surface area contributed by atoms with Gasteiger partial charge in [-0.25, -0.2) is 15.0 Å². The van der Waals surface area contributed by atoms with Crippen molar-refractivity contribution in [1.82, 2.24) is 19.5 Å². The first-order chi connectivity index (χ1) is 15.8. The van der Waals surface area contributed by atoms with Gasteiger partial charge in [0.1, 0.15) is 12.2 Å². The summed E-state index contributed by atoms with van der Waals surface area (Å²) in [5, 5.41) is 0. The first kappa shape index (κ1) is 19.7. The summed E-state index contributed by atoms with van der Waals surface area (Å²) in [5.74, 6) is 2.27. The Labute approximate surface area is 188 Å². The van der Waals surface area contributed by atoms with Crippen LogP contribution in [0.4, 0.5) is 11.5 Å². The molecule has 0 aliphatic carbocycles. The van der Waals surface area contributed by atoms with Crippen LogP contribution in [-0.2, 0) is 24.2 Å². The molecule has 0 radical (unpaired) electrons. The van der Waals surface area contributed by atoms with Crippen molar-refractivity contribution in [3.8, 4) is 0 Å². The number of aromatic nitrogens is 4. The topological polar surface area (TPSA) is 67.2 Å². The minimum Gasteiger partial charge on any atom is -0.354 e. The van der Waals surface area contributed by atoms with Crippen molar-refractivity contribution in [2.75, 3.05) is 29.4 Å². The molecule has 7 heteroatoms. The molecule has 1 atom stereocenters. The smallest absolute Gasteiger partial charge is 0.231 e. The molecule has 3 aromatic rings. The number of hydrogen-bond acceptors (Lipinski definition) is 5. The third-order valence-corrected chi connectivity index (χ3v) is 7.32. The molecule has 1 saturated heterocycles. The Morgan fingerprint density at radius 2 is 1.88 bits per heavy atom. The molecule has 5 heterocycles. The molecular formula is C25H30N6O. The average molecular weight is 431 g/mol. The summed E-state index contributed by atoms with van der Waals surface area (Å²) in [6, 6.07) is 8.36. The summed E-state index contributed by atoms with van der Waals surface area (Å²) >= 11 is 0. The highest BCUT2D eigenvalue weighted by molar-refractivity contribution is 5.97. The molecule has 1 aromatic carbocycles. The molecular weight excluding hydrogens is 400 g/mol. The molecule has 32 heavy (non-hydrogen) atoms. The highest BCUT2D eigenvalue weighted by Crippen LogP contribution is 2.32. The lowest BCUT2D eigenvalue weighted by Crippen LogP contribution is -2.46. The van der Waals surface area contributed by atoms with E-state index in [0.29, 0.717) is 6.54 Å². The second kappa shape index (κ2) is 8.19. The summed E-state index contributed by atoms with van der Waals surface area (Å²) in [4.78, 5) is 32.1. The van der Waals surface area contributed by atoms with Crippen LogP contribution >= 0.6 is 0 Å². The SMILES string of the molecule is O=C([C@@H]1CCCN(c2ncnc3c2nc2n3CCCCC2)C1)N1CCCc2ccccc21. The number of piperidine rings is 1. The van der Waals surface area contributed by atoms with Gasteiger partial charge in [0.25, 0.3) is 0 Å². The second-order valence-electron chi connectivity index (χ2n) is 9.37. The molecule has 1 amide bonds. The van der Waals surface area contributed by atoms with E-state index in [-0.39, 0.29) is 11.8 Å². The number of anilines is 2. The fraction of sp³-hybridized carbons (Fsp3) is 0.520. The van der Waals surface area contributed by atoms with E-state index in [1.54, 1.807) is 6.33 Å². The standard InChI is InChI=1S/C25H30N6O/c32-25(30-15-7-9-18-8-3-4-11-20(18)30)19-10-6-13-29(16-19)23-22-24(27-17-26-23)31-14-5-1-2-12-21(31)28-22/h3-4,8,11,17,19H,1-2,5-7,9-10,12-16H2/t19-/m1/s1. The highest BCUT2D eigenvalue weighted by Gasteiger charge is 2.33. The second-order valence-corrected chi connectivity index (χ2v) is 9.37. The van der Waals surface area contributed by atoms with Crippen molar-refractivity contribution in [1.29, 1.82) is 0 Å². The molecule has 1 fully saturated rings. The van der Waals surface area contributed by atoms with Crippen LogP contribution in [0.3, 0.4) is 0 Å². The monoisotopic (exact) mass is 430 g/mol. The van der Waals surface area contributed by atoms with Crippen molar-refractivity contribution in [3.63, 3.8) is 0 Å². The number of benzene rings is 1. The van der Waals surface area contributed by atoms with E-state index in [1.165, 1.54) is 24.8 Å². The fourth-order valence-corrected chi connectivity index (χ4v) is 5.71. The third kappa shape index (κ3) is 3.34. The van der Waals surface area contributed by atoms with Gasteiger partial charge in [0, 0.05) is 38.3 Å². The van der Waals surface area contributed by atoms with Crippen LogP contribution in [0.2, 0.25) is 0 Å². The van der Waals surface area contributed by atoms with E-state index in [9.17, 15) is 4.79 Å². The van der Waals surface area contributed by atoms with Gasteiger partial charge in [-0.05, 0) is 50.2 Å². The maximum atomic E-state index is 13.6. The van der Waals surface area contributed by atoms with Crippen LogP contribution in [0.25, 0.3) is 11.2 Å². The van der Waals surface area contributed by atoms with Gasteiger partial charge in [0.2, 0.25) is 5.91 Å². The Bertz CT molecular complexity index is 1150. The van der Waals surface area contributed by atoms with E-state index >= 15 is 0 Å². The van der Waals surface area contributed by atoms with Crippen molar-refractivity contribution >= 4 is 28.6 Å². The van der Waals surface area contributed by atoms with E-state index in [1.807, 2.05) is 11.0 Å². The minimum atomic E-state index is -0.0136. The number of imidazole rings is 1. The lowest BCUT2D eigenvalue weighted by atomic mass is 9.94. The van der Waals surface area contributed by atoms with Gasteiger partial charge in [-0.1, -0.05) is 24.6 Å². The molecule has 2 aromatic heterocycles. The molecule has 0 bridgehead atoms. The number of para-hydroxylation sites is 1. The minimum absolute atomic E-state index is 0.0136. The number of hydrogen-bond donors (Lipinski definition) is 0. The Hall–Kier alpha value is -2.96. The molecule has 166 valence electrons. The highest BCUT2D eigenvalue weighted by atomic mass is 16.2. The van der Waals surface area contributed by atoms with Gasteiger partial charge in [-0.2, -0.15) is 0 Å². The van der Waals surface area contributed by atoms with Crippen LogP contribution in [0.1, 0.15) is 49.9 Å². The van der Waals surface area contributed by atoms with Crippen molar-refractivity contribution in [3.05, 3.63) is 42.0 Å². The zero-order chi connectivity index (χ0) is 21.5. The maximum Gasteiger partial charge on any atom is 0.231 e. The lowest BCUT2D eigenvalue weighted by molar-refractivity contribution is -0.122. The van der Waals surface area contributed by atoms with E-state index in [0.717, 1.165) is 80.2 Å². The summed E-state index contributed by atoms with van der Waals surface area (Å²) < 4.78 is 2.28. The fourth-order valence-electron chi connectivity index (χ4n) is 5.71. The quantitative estimate of drug-likeness (QED) is 0.619. The van der Waals surface area contributed by atoms with E-state index in [4.69, 9.17) is 4.98 Å². The molecule has 3 aliphatic rings. The van der Waals surface area contributed by atoms with Gasteiger partial charge >= 0.3 is 0 Å². The number of fused-ring (bicyclic) bond motifs is 4. The first-order valence-corrected chi connectivity index (χ1v) is 12.1. The number of rotatable bonds is 2. The Morgan fingerprint density at radius 1 is 0.938 bits per heavy atom. The molecule has 0 unspecified atom stereocenters. The molecule has 0 spiro atoms. The van der Waals surface area contributed by atoms with Gasteiger partial charge in [0.05, 0.1) is 5.92 Å². The van der Waals surface area contributed by atoms with Gasteiger partial charge < -0.3 is 14.4 Å². The van der Waals surface area contributed by atoms with Crippen LogP contribution in [-0.4, -0.2) is 45.1 Å². The van der Waals surface area contributed by atoms with Gasteiger partial charge in [-0.15, -0.1) is 0 Å². The van der Waals surface area contributed by atoms with Gasteiger partial charge in [-0.3, -0.25) is 4.79 Å². The van der Waals surface area contributed by atoms with Gasteiger partial charge in [0.15, 0.2) is 17.0 Å². The lowest BCUT2D eigenvalue weighted by Gasteiger charge is -2.37. The van der Waals surface area contributed by atoms with Crippen LogP contribution < -0.4 is 9.80 Å². The van der Waals surface area contributed by atoms with Crippen molar-refractivity contribution in [2.24, 2.45) is 5.92 Å². The largest absolute Gasteiger partial charge is 0.354 e. The zero-order valence-electron chi connectivity index (χ0n) is 18.5. The third-order valence-electron chi connectivity index (χ3n) is 7.32. The molecule has 7 nitrogen and oxygen atoms in total. The molecule has 0 saturated carbocycles. The summed E-state index contributed by atoms with van der Waals surface area (Å²) in [6.07, 6.45) is 10.3. The zero-order valence-corrected chi connectivity index (χ0v) is 18.5. The molecule has 0 N–H and O–H groups in total. The number of aryl methyl sites for hydroxylation is 3. The molecule has 3 aliphatic heterocycles. The van der Waals surface area contributed by atoms with Crippen LogP contribution in [0.5, 0.6) is 0 Å².